The maximum atomic E-state index is 11.5. The topological polar surface area (TPSA) is 110 Å². The third kappa shape index (κ3) is 2.35. The number of aryl methyl sites for hydroxylation is 2. The lowest BCUT2D eigenvalue weighted by molar-refractivity contribution is 0.451. The number of hydrogen-bond donors (Lipinski definition) is 3. The summed E-state index contributed by atoms with van der Waals surface area (Å²) < 4.78 is 5.81. The van der Waals surface area contributed by atoms with Crippen LogP contribution in [0.2, 0.25) is 0 Å². The highest BCUT2D eigenvalue weighted by Crippen LogP contribution is 2.43. The first kappa shape index (κ1) is 16.0. The van der Waals surface area contributed by atoms with Gasteiger partial charge >= 0.3 is 0 Å². The van der Waals surface area contributed by atoms with Gasteiger partial charge in [-0.05, 0) is 43.2 Å². The normalized spacial score (nSPS) is 11.3. The molecule has 0 amide bonds. The van der Waals surface area contributed by atoms with Crippen LogP contribution in [0.3, 0.4) is 0 Å². The molecule has 26 heavy (non-hydrogen) atoms. The number of nitrogens with two attached hydrogens (primary N) is 1. The lowest BCUT2D eigenvalue weighted by atomic mass is 9.93. The minimum Gasteiger partial charge on any atom is -0.508 e. The molecule has 1 heterocycles. The van der Waals surface area contributed by atoms with Crippen molar-refractivity contribution in [3.63, 3.8) is 0 Å². The second kappa shape index (κ2) is 5.49. The fourth-order valence-corrected chi connectivity index (χ4v) is 3.33. The van der Waals surface area contributed by atoms with Gasteiger partial charge < -0.3 is 20.4 Å². The number of phenols is 2. The predicted octanol–water partition coefficient (Wildman–Crippen LogP) is 3.57. The molecule has 0 unspecified atom stereocenters. The number of fused-ring (bicyclic) bond motifs is 2. The van der Waals surface area contributed by atoms with Crippen molar-refractivity contribution in [1.82, 2.24) is 4.98 Å². The lowest BCUT2D eigenvalue weighted by Gasteiger charge is -2.17. The van der Waals surface area contributed by atoms with Crippen molar-refractivity contribution in [2.24, 2.45) is 0 Å². The molecule has 0 spiro atoms. The third-order valence-electron chi connectivity index (χ3n) is 4.47. The molecule has 4 N–H and O–H groups in total. The van der Waals surface area contributed by atoms with Crippen LogP contribution in [0.25, 0.3) is 33.7 Å². The maximum absolute atomic E-state index is 11.5. The first-order valence-corrected chi connectivity index (χ1v) is 8.02. The number of aromatic hydroxyl groups is 2. The van der Waals surface area contributed by atoms with E-state index in [1.165, 1.54) is 18.2 Å². The molecule has 6 nitrogen and oxygen atoms in total. The van der Waals surface area contributed by atoms with E-state index in [4.69, 9.17) is 10.2 Å². The van der Waals surface area contributed by atoms with Crippen molar-refractivity contribution in [3.05, 3.63) is 57.7 Å². The van der Waals surface area contributed by atoms with Gasteiger partial charge in [-0.1, -0.05) is 0 Å². The number of anilines is 1. The maximum Gasteiger partial charge on any atom is 0.182 e. The first-order valence-electron chi connectivity index (χ1n) is 8.02. The van der Waals surface area contributed by atoms with Crippen molar-refractivity contribution < 1.29 is 14.6 Å². The molecule has 0 bridgehead atoms. The van der Waals surface area contributed by atoms with E-state index >= 15 is 0 Å². The van der Waals surface area contributed by atoms with E-state index in [1.54, 1.807) is 25.1 Å². The average molecular weight is 348 g/mol. The number of nitrogen functional groups attached to an aromatic ring is 1. The number of phenolic OH excluding ortho intramolecular Hbond substituents is 2. The summed E-state index contributed by atoms with van der Waals surface area (Å²) in [4.78, 5) is 16.1. The fraction of sp³-hybridized carbons (Fsp3) is 0.100. The molecular formula is C20H16N2O4. The fourth-order valence-electron chi connectivity index (χ4n) is 3.33. The van der Waals surface area contributed by atoms with Gasteiger partial charge in [0.1, 0.15) is 22.7 Å². The van der Waals surface area contributed by atoms with Gasteiger partial charge in [0.05, 0.1) is 0 Å². The van der Waals surface area contributed by atoms with Gasteiger partial charge in [-0.3, -0.25) is 4.79 Å². The zero-order valence-corrected chi connectivity index (χ0v) is 14.2. The molecule has 4 rings (SSSR count). The third-order valence-corrected chi connectivity index (χ3v) is 4.47. The first-order chi connectivity index (χ1) is 12.3. The lowest BCUT2D eigenvalue weighted by Crippen LogP contribution is -2.02. The van der Waals surface area contributed by atoms with E-state index in [1.807, 2.05) is 6.92 Å². The molecule has 2 aromatic carbocycles. The number of rotatable bonds is 1. The van der Waals surface area contributed by atoms with Crippen molar-refractivity contribution in [3.8, 4) is 34.1 Å². The van der Waals surface area contributed by atoms with Gasteiger partial charge in [0.25, 0.3) is 0 Å². The summed E-state index contributed by atoms with van der Waals surface area (Å²) in [6.07, 6.45) is 0. The van der Waals surface area contributed by atoms with E-state index in [0.717, 1.165) is 5.56 Å². The molecule has 0 saturated heterocycles. The Kier molecular flexibility index (Phi) is 3.37. The monoisotopic (exact) mass is 348 g/mol. The molecule has 2 aliphatic rings. The highest BCUT2D eigenvalue weighted by atomic mass is 16.3. The summed E-state index contributed by atoms with van der Waals surface area (Å²) in [5.41, 5.74) is 10.7. The molecule has 0 aromatic heterocycles. The zero-order valence-electron chi connectivity index (χ0n) is 14.2. The van der Waals surface area contributed by atoms with E-state index in [2.05, 4.69) is 4.98 Å². The zero-order chi connectivity index (χ0) is 18.6. The Labute approximate surface area is 148 Å². The number of benzene rings is 3. The molecule has 1 aliphatic carbocycles. The summed E-state index contributed by atoms with van der Waals surface area (Å²) in [7, 11) is 0. The van der Waals surface area contributed by atoms with Gasteiger partial charge in [0, 0.05) is 35.0 Å². The Morgan fingerprint density at radius 3 is 2.54 bits per heavy atom. The van der Waals surface area contributed by atoms with Crippen LogP contribution in [-0.4, -0.2) is 15.2 Å². The van der Waals surface area contributed by atoms with E-state index in [9.17, 15) is 15.0 Å². The van der Waals surface area contributed by atoms with Gasteiger partial charge in [0.15, 0.2) is 16.8 Å². The summed E-state index contributed by atoms with van der Waals surface area (Å²) in [5.74, 6) is 0.305. The van der Waals surface area contributed by atoms with Crippen LogP contribution in [0.4, 0.5) is 5.69 Å². The van der Waals surface area contributed by atoms with Gasteiger partial charge in [-0.25, -0.2) is 4.98 Å². The Morgan fingerprint density at radius 1 is 1.04 bits per heavy atom. The van der Waals surface area contributed by atoms with Gasteiger partial charge in [0.2, 0.25) is 0 Å². The van der Waals surface area contributed by atoms with E-state index < -0.39 is 0 Å². The average Bonchev–Trinajstić information content (AvgIpc) is 2.55. The van der Waals surface area contributed by atoms with Crippen LogP contribution in [0.5, 0.6) is 11.5 Å². The SMILES string of the molecule is Cc1cc(O)cc(O)c1-c1c(N)cc2oc3cc(=O)ccc-3nc2c1C. The van der Waals surface area contributed by atoms with Crippen LogP contribution < -0.4 is 11.2 Å². The number of nitrogens with zero attached hydrogens (tertiary/aromatic N) is 1. The van der Waals surface area contributed by atoms with Crippen molar-refractivity contribution in [2.75, 3.05) is 5.73 Å². The smallest absolute Gasteiger partial charge is 0.182 e. The summed E-state index contributed by atoms with van der Waals surface area (Å²) in [5, 5.41) is 20.0. The van der Waals surface area contributed by atoms with Crippen LogP contribution in [0.1, 0.15) is 11.1 Å². The molecule has 1 aliphatic heterocycles. The predicted molar refractivity (Wildman–Crippen MR) is 99.6 cm³/mol. The Bertz CT molecular complexity index is 1190. The van der Waals surface area contributed by atoms with Crippen molar-refractivity contribution in [2.45, 2.75) is 13.8 Å². The molecule has 130 valence electrons. The minimum atomic E-state index is -0.159. The number of aromatic nitrogens is 1. The Hall–Kier alpha value is -3.54. The molecule has 0 atom stereocenters. The molecule has 6 heteroatoms. The molecule has 2 aromatic rings. The number of hydrogen-bond acceptors (Lipinski definition) is 6. The molecule has 0 radical (unpaired) electrons. The van der Waals surface area contributed by atoms with Crippen LogP contribution >= 0.6 is 0 Å². The van der Waals surface area contributed by atoms with Gasteiger partial charge in [-0.15, -0.1) is 0 Å². The van der Waals surface area contributed by atoms with Gasteiger partial charge in [-0.2, -0.15) is 0 Å². The largest absolute Gasteiger partial charge is 0.508 e. The van der Waals surface area contributed by atoms with Crippen LogP contribution in [0.15, 0.2) is 45.6 Å². The molecular weight excluding hydrogens is 332 g/mol. The Morgan fingerprint density at radius 2 is 1.81 bits per heavy atom. The second-order valence-corrected chi connectivity index (χ2v) is 6.31. The van der Waals surface area contributed by atoms with E-state index in [0.29, 0.717) is 44.9 Å². The summed E-state index contributed by atoms with van der Waals surface area (Å²) >= 11 is 0. The van der Waals surface area contributed by atoms with E-state index in [-0.39, 0.29) is 16.9 Å². The summed E-state index contributed by atoms with van der Waals surface area (Å²) in [6, 6.07) is 8.90. The minimum absolute atomic E-state index is 0.0201. The highest BCUT2D eigenvalue weighted by molar-refractivity contribution is 5.96. The summed E-state index contributed by atoms with van der Waals surface area (Å²) in [6.45, 7) is 3.63. The second-order valence-electron chi connectivity index (χ2n) is 6.31. The Balaban J connectivity index is 2.10. The standard InChI is InChI=1S/C20H16N2O4/c1-9-5-12(24)6-15(25)18(9)19-10(2)20-17(8-13(19)21)26-16-7-11(23)3-4-14(16)22-20/h3-8,24-25H,21H2,1-2H3. The van der Waals surface area contributed by atoms with Crippen LogP contribution in [-0.2, 0) is 0 Å². The molecule has 0 fully saturated rings. The van der Waals surface area contributed by atoms with Crippen molar-refractivity contribution in [1.29, 1.82) is 0 Å². The van der Waals surface area contributed by atoms with Crippen LogP contribution in [0, 0.1) is 13.8 Å². The quantitative estimate of drug-likeness (QED) is 0.358. The highest BCUT2D eigenvalue weighted by Gasteiger charge is 2.20. The molecule has 0 saturated carbocycles. The van der Waals surface area contributed by atoms with Crippen molar-refractivity contribution >= 4 is 16.8 Å².